The highest BCUT2D eigenvalue weighted by atomic mass is 16.1. The molecule has 0 aromatic rings. The van der Waals surface area contributed by atoms with Crippen molar-refractivity contribution in [2.45, 2.75) is 25.8 Å². The van der Waals surface area contributed by atoms with Crippen molar-refractivity contribution < 1.29 is 4.79 Å². The van der Waals surface area contributed by atoms with Crippen molar-refractivity contribution >= 4 is 5.91 Å². The van der Waals surface area contributed by atoms with Crippen LogP contribution in [0.2, 0.25) is 0 Å². The molecule has 0 saturated carbocycles. The fraction of sp³-hybridized carbons (Fsp3) is 0.462. The van der Waals surface area contributed by atoms with Crippen LogP contribution in [-0.2, 0) is 4.79 Å². The van der Waals surface area contributed by atoms with E-state index in [0.717, 1.165) is 6.42 Å². The first-order valence-electron chi connectivity index (χ1n) is 5.62. The standard InChI is InChI=1S/C13H15NO/c1-8-3-2-4-10-11(8)7-9-5-6-12(15)14-13(9)10/h2-4,7,9-10,13H,5-6H2,1H3,(H,14,15). The van der Waals surface area contributed by atoms with Crippen LogP contribution >= 0.6 is 0 Å². The number of carbonyl (C=O) groups is 1. The number of piperidine rings is 1. The third kappa shape index (κ3) is 1.28. The van der Waals surface area contributed by atoms with E-state index in [9.17, 15) is 4.79 Å². The van der Waals surface area contributed by atoms with Crippen molar-refractivity contribution in [2.24, 2.45) is 11.8 Å². The molecule has 2 nitrogen and oxygen atoms in total. The predicted molar refractivity (Wildman–Crippen MR) is 59.1 cm³/mol. The molecule has 1 fully saturated rings. The summed E-state index contributed by atoms with van der Waals surface area (Å²) in [5.41, 5.74) is 2.78. The number of amides is 1. The summed E-state index contributed by atoms with van der Waals surface area (Å²) in [4.78, 5) is 11.4. The number of fused-ring (bicyclic) bond motifs is 3. The van der Waals surface area contributed by atoms with Gasteiger partial charge in [0.15, 0.2) is 0 Å². The third-order valence-corrected chi connectivity index (χ3v) is 3.75. The number of allylic oxidation sites excluding steroid dienone is 3. The minimum atomic E-state index is 0.214. The smallest absolute Gasteiger partial charge is 0.220 e. The van der Waals surface area contributed by atoms with Crippen molar-refractivity contribution in [3.63, 3.8) is 0 Å². The molecule has 1 saturated heterocycles. The Kier molecular flexibility index (Phi) is 1.84. The van der Waals surface area contributed by atoms with Crippen molar-refractivity contribution in [2.75, 3.05) is 0 Å². The van der Waals surface area contributed by atoms with E-state index in [4.69, 9.17) is 0 Å². The van der Waals surface area contributed by atoms with E-state index in [-0.39, 0.29) is 5.91 Å². The Bertz CT molecular complexity index is 403. The van der Waals surface area contributed by atoms with E-state index in [0.29, 0.717) is 24.3 Å². The molecule has 0 aromatic heterocycles. The summed E-state index contributed by atoms with van der Waals surface area (Å²) < 4.78 is 0. The Morgan fingerprint density at radius 1 is 1.47 bits per heavy atom. The largest absolute Gasteiger partial charge is 0.352 e. The van der Waals surface area contributed by atoms with Gasteiger partial charge in [0.25, 0.3) is 0 Å². The second-order valence-electron chi connectivity index (χ2n) is 4.68. The maximum Gasteiger partial charge on any atom is 0.220 e. The maximum atomic E-state index is 11.4. The average molecular weight is 201 g/mol. The van der Waals surface area contributed by atoms with Crippen LogP contribution in [0.1, 0.15) is 19.8 Å². The van der Waals surface area contributed by atoms with E-state index >= 15 is 0 Å². The van der Waals surface area contributed by atoms with Crippen LogP contribution in [0.3, 0.4) is 0 Å². The average Bonchev–Trinajstić information content (AvgIpc) is 2.58. The normalized spacial score (nSPS) is 37.7. The molecule has 1 N–H and O–H groups in total. The van der Waals surface area contributed by atoms with E-state index in [1.54, 1.807) is 0 Å². The summed E-state index contributed by atoms with van der Waals surface area (Å²) >= 11 is 0. The second-order valence-corrected chi connectivity index (χ2v) is 4.68. The van der Waals surface area contributed by atoms with Gasteiger partial charge in [-0.1, -0.05) is 24.3 Å². The summed E-state index contributed by atoms with van der Waals surface area (Å²) in [6, 6.07) is 0.321. The Morgan fingerprint density at radius 2 is 2.33 bits per heavy atom. The van der Waals surface area contributed by atoms with Gasteiger partial charge in [0.1, 0.15) is 0 Å². The lowest BCUT2D eigenvalue weighted by molar-refractivity contribution is -0.124. The molecule has 0 aromatic carbocycles. The van der Waals surface area contributed by atoms with Crippen molar-refractivity contribution in [3.8, 4) is 0 Å². The zero-order chi connectivity index (χ0) is 10.4. The number of carbonyl (C=O) groups excluding carboxylic acids is 1. The number of rotatable bonds is 0. The van der Waals surface area contributed by atoms with Gasteiger partial charge < -0.3 is 5.32 Å². The molecule has 3 rings (SSSR count). The van der Waals surface area contributed by atoms with Gasteiger partial charge in [-0.15, -0.1) is 0 Å². The van der Waals surface area contributed by atoms with Crippen LogP contribution in [0.5, 0.6) is 0 Å². The summed E-state index contributed by atoms with van der Waals surface area (Å²) in [7, 11) is 0. The first kappa shape index (κ1) is 8.96. The first-order chi connectivity index (χ1) is 7.25. The van der Waals surface area contributed by atoms with Crippen LogP contribution in [0.25, 0.3) is 0 Å². The highest BCUT2D eigenvalue weighted by molar-refractivity contribution is 5.78. The predicted octanol–water partition coefficient (Wildman–Crippen LogP) is 1.95. The molecule has 3 atom stereocenters. The monoisotopic (exact) mass is 201 g/mol. The zero-order valence-corrected chi connectivity index (χ0v) is 8.86. The van der Waals surface area contributed by atoms with Gasteiger partial charge in [0.05, 0.1) is 0 Å². The topological polar surface area (TPSA) is 29.1 Å². The summed E-state index contributed by atoms with van der Waals surface area (Å²) in [6.45, 7) is 2.15. The summed E-state index contributed by atoms with van der Waals surface area (Å²) in [6.07, 6.45) is 10.5. The highest BCUT2D eigenvalue weighted by Crippen LogP contribution is 2.41. The first-order valence-corrected chi connectivity index (χ1v) is 5.62. The molecule has 78 valence electrons. The van der Waals surface area contributed by atoms with E-state index in [2.05, 4.69) is 36.5 Å². The molecule has 15 heavy (non-hydrogen) atoms. The van der Waals surface area contributed by atoms with Crippen LogP contribution in [-0.4, -0.2) is 11.9 Å². The number of hydrogen-bond acceptors (Lipinski definition) is 1. The highest BCUT2D eigenvalue weighted by Gasteiger charge is 2.39. The van der Waals surface area contributed by atoms with Crippen molar-refractivity contribution in [1.29, 1.82) is 0 Å². The lowest BCUT2D eigenvalue weighted by atomic mass is 9.84. The molecule has 2 heteroatoms. The molecule has 2 aliphatic carbocycles. The Labute approximate surface area is 89.7 Å². The van der Waals surface area contributed by atoms with Gasteiger partial charge in [-0.05, 0) is 30.4 Å². The quantitative estimate of drug-likeness (QED) is 0.637. The third-order valence-electron chi connectivity index (χ3n) is 3.75. The van der Waals surface area contributed by atoms with Gasteiger partial charge in [-0.2, -0.15) is 0 Å². The van der Waals surface area contributed by atoms with E-state index in [1.165, 1.54) is 11.1 Å². The molecular weight excluding hydrogens is 186 g/mol. The van der Waals surface area contributed by atoms with Crippen molar-refractivity contribution in [1.82, 2.24) is 5.32 Å². The molecular formula is C13H15NO. The Hall–Kier alpha value is -1.31. The van der Waals surface area contributed by atoms with Gasteiger partial charge in [0, 0.05) is 18.4 Å². The molecule has 0 spiro atoms. The van der Waals surface area contributed by atoms with Gasteiger partial charge in [-0.25, -0.2) is 0 Å². The lowest BCUT2D eigenvalue weighted by Crippen LogP contribution is -2.46. The SMILES string of the molecule is CC1=CC=CC2C1=CC1CCC(=O)NC12. The van der Waals surface area contributed by atoms with Crippen LogP contribution in [0, 0.1) is 11.8 Å². The second kappa shape index (κ2) is 3.09. The minimum absolute atomic E-state index is 0.214. The Balaban J connectivity index is 1.95. The molecule has 0 bridgehead atoms. The summed E-state index contributed by atoms with van der Waals surface area (Å²) in [5.74, 6) is 1.18. The molecule has 3 aliphatic rings. The van der Waals surface area contributed by atoms with Crippen LogP contribution in [0.15, 0.2) is 35.5 Å². The fourth-order valence-corrected chi connectivity index (χ4v) is 2.95. The maximum absolute atomic E-state index is 11.4. The van der Waals surface area contributed by atoms with Crippen LogP contribution in [0.4, 0.5) is 0 Å². The molecule has 0 radical (unpaired) electrons. The number of hydrogen-bond donors (Lipinski definition) is 1. The van der Waals surface area contributed by atoms with E-state index in [1.807, 2.05) is 0 Å². The molecule has 1 heterocycles. The van der Waals surface area contributed by atoms with E-state index < -0.39 is 0 Å². The lowest BCUT2D eigenvalue weighted by Gasteiger charge is -2.30. The number of nitrogens with one attached hydrogen (secondary N) is 1. The van der Waals surface area contributed by atoms with Crippen LogP contribution < -0.4 is 5.32 Å². The molecule has 3 unspecified atom stereocenters. The van der Waals surface area contributed by atoms with Gasteiger partial charge in [0.2, 0.25) is 5.91 Å². The minimum Gasteiger partial charge on any atom is -0.352 e. The van der Waals surface area contributed by atoms with Gasteiger partial charge >= 0.3 is 0 Å². The Morgan fingerprint density at radius 3 is 3.20 bits per heavy atom. The van der Waals surface area contributed by atoms with Crippen molar-refractivity contribution in [3.05, 3.63) is 35.5 Å². The summed E-state index contributed by atoms with van der Waals surface area (Å²) in [5, 5.41) is 3.13. The zero-order valence-electron chi connectivity index (χ0n) is 8.86. The van der Waals surface area contributed by atoms with Gasteiger partial charge in [-0.3, -0.25) is 4.79 Å². The molecule has 1 amide bonds. The fourth-order valence-electron chi connectivity index (χ4n) is 2.95. The molecule has 1 aliphatic heterocycles.